The number of aryl methyl sites for hydroxylation is 1. The molecule has 0 saturated carbocycles. The summed E-state index contributed by atoms with van der Waals surface area (Å²) in [5, 5.41) is 14.1. The van der Waals surface area contributed by atoms with Gasteiger partial charge in [-0.2, -0.15) is 0 Å². The van der Waals surface area contributed by atoms with E-state index < -0.39 is 12.0 Å². The minimum absolute atomic E-state index is 0.359. The minimum Gasteiger partial charge on any atom is -0.490 e. The van der Waals surface area contributed by atoms with Crippen molar-refractivity contribution in [3.63, 3.8) is 0 Å². The monoisotopic (exact) mass is 536 g/mol. The van der Waals surface area contributed by atoms with Crippen LogP contribution in [0.4, 0.5) is 0 Å². The van der Waals surface area contributed by atoms with Crippen molar-refractivity contribution in [1.82, 2.24) is 10.3 Å². The minimum atomic E-state index is -0.894. The van der Waals surface area contributed by atoms with Crippen LogP contribution in [0.15, 0.2) is 71.3 Å². The van der Waals surface area contributed by atoms with Gasteiger partial charge in [-0.05, 0) is 48.7 Å². The number of aromatic nitrogens is 1. The predicted octanol–water partition coefficient (Wildman–Crippen LogP) is 6.00. The Kier molecular flexibility index (Phi) is 8.10. The number of H-pyrrole nitrogens is 1. The van der Waals surface area contributed by atoms with E-state index in [1.165, 1.54) is 5.56 Å². The van der Waals surface area contributed by atoms with Gasteiger partial charge in [0.05, 0.1) is 6.61 Å². The average Bonchev–Trinajstić information content (AvgIpc) is 3.26. The largest absolute Gasteiger partial charge is 0.490 e. The summed E-state index contributed by atoms with van der Waals surface area (Å²) in [6, 6.07) is 19.1. The van der Waals surface area contributed by atoms with E-state index in [4.69, 9.17) is 9.47 Å². The van der Waals surface area contributed by atoms with Gasteiger partial charge in [-0.25, -0.2) is 0 Å². The Morgan fingerprint density at radius 3 is 2.54 bits per heavy atom. The lowest BCUT2D eigenvalue weighted by Gasteiger charge is -2.18. The number of carboxylic acids is 1. The normalized spacial score (nSPS) is 12.0. The number of carboxylic acid groups (broad SMARTS) is 1. The van der Waals surface area contributed by atoms with Gasteiger partial charge >= 0.3 is 5.97 Å². The zero-order valence-electron chi connectivity index (χ0n) is 19.8. The summed E-state index contributed by atoms with van der Waals surface area (Å²) >= 11 is 3.62. The number of hydrogen-bond acceptors (Lipinski definition) is 4. The second-order valence-electron chi connectivity index (χ2n) is 8.43. The summed E-state index contributed by atoms with van der Waals surface area (Å²) in [5.74, 6) is 0.370. The van der Waals surface area contributed by atoms with E-state index >= 15 is 0 Å². The Hall–Kier alpha value is -3.29. The summed E-state index contributed by atoms with van der Waals surface area (Å²) in [6.07, 6.45) is 2.25. The molecule has 3 aromatic carbocycles. The van der Waals surface area contributed by atoms with Gasteiger partial charge < -0.3 is 19.6 Å². The Balaban J connectivity index is 1.47. The van der Waals surface area contributed by atoms with Crippen molar-refractivity contribution in [3.05, 3.63) is 93.6 Å². The fraction of sp³-hybridized carbons (Fsp3) is 0.250. The highest BCUT2D eigenvalue weighted by atomic mass is 79.9. The first-order valence-corrected chi connectivity index (χ1v) is 12.4. The number of aromatic amines is 1. The molecule has 1 heterocycles. The molecule has 3 N–H and O–H groups in total. The van der Waals surface area contributed by atoms with E-state index in [-0.39, 0.29) is 0 Å². The maximum atomic E-state index is 12.0. The molecule has 0 radical (unpaired) electrons. The van der Waals surface area contributed by atoms with Crippen molar-refractivity contribution >= 4 is 32.8 Å². The van der Waals surface area contributed by atoms with Gasteiger partial charge in [-0.3, -0.25) is 10.1 Å². The zero-order valence-corrected chi connectivity index (χ0v) is 21.4. The average molecular weight is 537 g/mol. The molecule has 6 nitrogen and oxygen atoms in total. The number of nitrogens with one attached hydrogen (secondary N) is 2. The van der Waals surface area contributed by atoms with Crippen molar-refractivity contribution in [2.45, 2.75) is 39.5 Å². The molecular formula is C28H29BrN2O4. The van der Waals surface area contributed by atoms with Crippen molar-refractivity contribution < 1.29 is 19.4 Å². The van der Waals surface area contributed by atoms with Gasteiger partial charge in [0.2, 0.25) is 0 Å². The van der Waals surface area contributed by atoms with E-state index in [0.717, 1.165) is 32.1 Å². The van der Waals surface area contributed by atoms with Crippen LogP contribution in [-0.4, -0.2) is 28.7 Å². The number of rotatable bonds is 11. The van der Waals surface area contributed by atoms with Crippen molar-refractivity contribution in [2.75, 3.05) is 6.61 Å². The molecule has 0 aliphatic heterocycles. The van der Waals surface area contributed by atoms with Gasteiger partial charge in [0.1, 0.15) is 12.6 Å². The molecule has 1 atom stereocenters. The molecule has 0 aliphatic rings. The lowest BCUT2D eigenvalue weighted by molar-refractivity contribution is -0.139. The van der Waals surface area contributed by atoms with E-state index in [0.29, 0.717) is 37.7 Å². The van der Waals surface area contributed by atoms with Gasteiger partial charge in [-0.1, -0.05) is 64.0 Å². The summed E-state index contributed by atoms with van der Waals surface area (Å²) < 4.78 is 12.7. The molecule has 0 fully saturated rings. The maximum Gasteiger partial charge on any atom is 0.321 e. The number of carbonyl (C=O) groups is 1. The second-order valence-corrected chi connectivity index (χ2v) is 9.29. The smallest absolute Gasteiger partial charge is 0.321 e. The molecule has 0 saturated heterocycles. The highest BCUT2D eigenvalue weighted by molar-refractivity contribution is 9.10. The predicted molar refractivity (Wildman–Crippen MR) is 141 cm³/mol. The first kappa shape index (κ1) is 24.8. The molecule has 0 bridgehead atoms. The number of halogens is 1. The third-order valence-corrected chi connectivity index (χ3v) is 6.60. The van der Waals surface area contributed by atoms with Crippen LogP contribution in [-0.2, 0) is 24.4 Å². The van der Waals surface area contributed by atoms with Gasteiger partial charge in [0.25, 0.3) is 0 Å². The van der Waals surface area contributed by atoms with Crippen LogP contribution < -0.4 is 14.8 Å². The van der Waals surface area contributed by atoms with Crippen LogP contribution in [0.2, 0.25) is 0 Å². The van der Waals surface area contributed by atoms with Gasteiger partial charge in [0, 0.05) is 34.5 Å². The number of benzene rings is 3. The van der Waals surface area contributed by atoms with Crippen LogP contribution in [0.3, 0.4) is 0 Å². The molecule has 7 heteroatoms. The third kappa shape index (κ3) is 6.24. The fourth-order valence-corrected chi connectivity index (χ4v) is 4.40. The lowest BCUT2D eigenvalue weighted by atomic mass is 10.0. The molecule has 0 aliphatic carbocycles. The van der Waals surface area contributed by atoms with Crippen molar-refractivity contribution in [3.8, 4) is 11.5 Å². The Morgan fingerprint density at radius 1 is 1.06 bits per heavy atom. The molecule has 0 amide bonds. The number of aliphatic carboxylic acids is 1. The van der Waals surface area contributed by atoms with E-state index in [1.54, 1.807) is 0 Å². The summed E-state index contributed by atoms with van der Waals surface area (Å²) in [5.41, 5.74) is 5.13. The standard InChI is InChI=1S/C28H29BrN2O4/c1-3-34-26-13-21(23(29)14-27(26)35-17-19-10-8-18(2)9-11-19)16-31-25(28(32)33)12-20-15-30-24-7-5-4-6-22(20)24/h4-11,13-15,25,30-31H,3,12,16-17H2,1-2H3,(H,32,33). The molecule has 0 spiro atoms. The SMILES string of the molecule is CCOc1cc(CNC(Cc2c[nH]c3ccccc23)C(=O)O)c(Br)cc1OCc1ccc(C)cc1. The molecule has 1 unspecified atom stereocenters. The highest BCUT2D eigenvalue weighted by Crippen LogP contribution is 2.34. The van der Waals surface area contributed by atoms with Crippen molar-refractivity contribution in [2.24, 2.45) is 0 Å². The van der Waals surface area contributed by atoms with Gasteiger partial charge in [0.15, 0.2) is 11.5 Å². The molecule has 1 aromatic heterocycles. The van der Waals surface area contributed by atoms with E-state index in [1.807, 2.05) is 61.7 Å². The molecule has 182 valence electrons. The van der Waals surface area contributed by atoms with Crippen LogP contribution >= 0.6 is 15.9 Å². The molecular weight excluding hydrogens is 508 g/mol. The van der Waals surface area contributed by atoms with Crippen LogP contribution in [0.25, 0.3) is 10.9 Å². The van der Waals surface area contributed by atoms with E-state index in [9.17, 15) is 9.90 Å². The topological polar surface area (TPSA) is 83.6 Å². The Bertz CT molecular complexity index is 1300. The number of fused-ring (bicyclic) bond motifs is 1. The first-order chi connectivity index (χ1) is 16.9. The Labute approximate surface area is 213 Å². The quantitative estimate of drug-likeness (QED) is 0.219. The first-order valence-electron chi connectivity index (χ1n) is 11.6. The van der Waals surface area contributed by atoms with E-state index in [2.05, 4.69) is 45.3 Å². The van der Waals surface area contributed by atoms with Crippen LogP contribution in [0, 0.1) is 6.92 Å². The summed E-state index contributed by atoms with van der Waals surface area (Å²) in [6.45, 7) is 5.25. The Morgan fingerprint density at radius 2 is 1.80 bits per heavy atom. The lowest BCUT2D eigenvalue weighted by Crippen LogP contribution is -2.38. The van der Waals surface area contributed by atoms with Gasteiger partial charge in [-0.15, -0.1) is 0 Å². The maximum absolute atomic E-state index is 12.0. The zero-order chi connectivity index (χ0) is 24.8. The van der Waals surface area contributed by atoms with Crippen LogP contribution in [0.5, 0.6) is 11.5 Å². The summed E-state index contributed by atoms with van der Waals surface area (Å²) in [7, 11) is 0. The molecule has 35 heavy (non-hydrogen) atoms. The van der Waals surface area contributed by atoms with Crippen LogP contribution in [0.1, 0.15) is 29.2 Å². The number of hydrogen-bond donors (Lipinski definition) is 3. The van der Waals surface area contributed by atoms with Crippen molar-refractivity contribution in [1.29, 1.82) is 0 Å². The highest BCUT2D eigenvalue weighted by Gasteiger charge is 2.20. The number of para-hydroxylation sites is 1. The molecule has 4 aromatic rings. The summed E-state index contributed by atoms with van der Waals surface area (Å²) in [4.78, 5) is 15.2. The second kappa shape index (κ2) is 11.4. The molecule has 4 rings (SSSR count). The fourth-order valence-electron chi connectivity index (χ4n) is 3.94. The number of ether oxygens (including phenoxy) is 2. The third-order valence-electron chi connectivity index (χ3n) is 5.86.